The van der Waals surface area contributed by atoms with E-state index in [0.29, 0.717) is 35.8 Å². The van der Waals surface area contributed by atoms with E-state index in [-0.39, 0.29) is 11.9 Å². The van der Waals surface area contributed by atoms with Crippen LogP contribution in [0.3, 0.4) is 0 Å². The second kappa shape index (κ2) is 6.99. The number of ether oxygens (including phenoxy) is 2. The molecule has 27 heavy (non-hydrogen) atoms. The molecule has 8 heteroatoms. The molecule has 0 bridgehead atoms. The zero-order valence-corrected chi connectivity index (χ0v) is 14.4. The number of aromatic amines is 1. The Morgan fingerprint density at radius 3 is 2.59 bits per heavy atom. The predicted molar refractivity (Wildman–Crippen MR) is 99.5 cm³/mol. The predicted octanol–water partition coefficient (Wildman–Crippen LogP) is 1.49. The van der Waals surface area contributed by atoms with Crippen LogP contribution in [0.15, 0.2) is 52.1 Å². The zero-order chi connectivity index (χ0) is 18.8. The van der Waals surface area contributed by atoms with Crippen molar-refractivity contribution in [2.45, 2.75) is 13.0 Å². The van der Waals surface area contributed by atoms with Crippen molar-refractivity contribution >= 4 is 22.4 Å². The molecule has 0 saturated heterocycles. The summed E-state index contributed by atoms with van der Waals surface area (Å²) in [6.07, 6.45) is 0.786. The van der Waals surface area contributed by atoms with Crippen LogP contribution in [0.2, 0.25) is 0 Å². The number of anilines is 1. The molecule has 0 aliphatic carbocycles. The number of carbonyl (C=O) groups excluding carboxylic acids is 1. The molecule has 1 aliphatic rings. The van der Waals surface area contributed by atoms with Crippen LogP contribution < -0.4 is 25.9 Å². The van der Waals surface area contributed by atoms with Crippen molar-refractivity contribution in [3.05, 3.63) is 63.2 Å². The van der Waals surface area contributed by atoms with Crippen molar-refractivity contribution in [3.8, 4) is 11.5 Å². The molecule has 2 aromatic carbocycles. The van der Waals surface area contributed by atoms with E-state index < -0.39 is 17.0 Å². The lowest BCUT2D eigenvalue weighted by atomic mass is 10.2. The van der Waals surface area contributed by atoms with Gasteiger partial charge in [0.15, 0.2) is 11.5 Å². The van der Waals surface area contributed by atoms with Crippen molar-refractivity contribution in [2.75, 3.05) is 18.5 Å². The summed E-state index contributed by atoms with van der Waals surface area (Å²) >= 11 is 0. The summed E-state index contributed by atoms with van der Waals surface area (Å²) in [5, 5.41) is 5.70. The molecule has 0 spiro atoms. The van der Waals surface area contributed by atoms with Gasteiger partial charge in [-0.15, -0.1) is 0 Å². The molecule has 1 aliphatic heterocycles. The summed E-state index contributed by atoms with van der Waals surface area (Å²) in [5.41, 5.74) is -0.340. The van der Waals surface area contributed by atoms with Gasteiger partial charge in [-0.25, -0.2) is 4.68 Å². The van der Waals surface area contributed by atoms with E-state index in [4.69, 9.17) is 9.47 Å². The van der Waals surface area contributed by atoms with Gasteiger partial charge in [0, 0.05) is 18.2 Å². The van der Waals surface area contributed by atoms with Gasteiger partial charge in [0.05, 0.1) is 24.0 Å². The molecule has 2 heterocycles. The first kappa shape index (κ1) is 16.9. The molecule has 0 radical (unpaired) electrons. The summed E-state index contributed by atoms with van der Waals surface area (Å²) in [6, 6.07) is 11.6. The number of benzene rings is 2. The number of nitrogens with zero attached hydrogens (tertiary/aromatic N) is 1. The van der Waals surface area contributed by atoms with Crippen LogP contribution in [0.1, 0.15) is 6.42 Å². The highest BCUT2D eigenvalue weighted by Crippen LogP contribution is 2.32. The van der Waals surface area contributed by atoms with Crippen LogP contribution in [0.4, 0.5) is 5.69 Å². The fourth-order valence-corrected chi connectivity index (χ4v) is 2.94. The van der Waals surface area contributed by atoms with Crippen molar-refractivity contribution in [2.24, 2.45) is 0 Å². The van der Waals surface area contributed by atoms with Gasteiger partial charge < -0.3 is 14.8 Å². The summed E-state index contributed by atoms with van der Waals surface area (Å²) < 4.78 is 12.1. The van der Waals surface area contributed by atoms with Gasteiger partial charge in [0.2, 0.25) is 5.91 Å². The summed E-state index contributed by atoms with van der Waals surface area (Å²) in [5.74, 6) is 0.736. The highest BCUT2D eigenvalue weighted by atomic mass is 16.5. The first-order valence-electron chi connectivity index (χ1n) is 8.53. The van der Waals surface area contributed by atoms with Crippen LogP contribution in [-0.4, -0.2) is 28.9 Å². The third-order valence-corrected chi connectivity index (χ3v) is 4.22. The van der Waals surface area contributed by atoms with Crippen molar-refractivity contribution in [1.82, 2.24) is 9.78 Å². The molecule has 8 nitrogen and oxygen atoms in total. The second-order valence-electron chi connectivity index (χ2n) is 6.14. The number of amides is 1. The SMILES string of the molecule is O=C(Cn1[nH]c(=O)c2ccccc2c1=O)Nc1ccc2c(c1)OCCCO2. The van der Waals surface area contributed by atoms with E-state index in [0.717, 1.165) is 11.1 Å². The largest absolute Gasteiger partial charge is 0.490 e. The maximum Gasteiger partial charge on any atom is 0.273 e. The molecule has 0 unspecified atom stereocenters. The molecule has 1 aromatic heterocycles. The third-order valence-electron chi connectivity index (χ3n) is 4.22. The first-order valence-corrected chi connectivity index (χ1v) is 8.53. The summed E-state index contributed by atoms with van der Waals surface area (Å²) in [4.78, 5) is 36.9. The minimum Gasteiger partial charge on any atom is -0.490 e. The number of aromatic nitrogens is 2. The number of H-pyrrole nitrogens is 1. The molecular formula is C19H17N3O5. The lowest BCUT2D eigenvalue weighted by Crippen LogP contribution is -2.34. The van der Waals surface area contributed by atoms with Gasteiger partial charge in [-0.2, -0.15) is 0 Å². The standard InChI is InChI=1S/C19H17N3O5/c23-17(20-12-6-7-15-16(10-12)27-9-3-8-26-15)11-22-19(25)14-5-2-1-4-13(14)18(24)21-22/h1-2,4-7,10H,3,8-9,11H2,(H,20,23)(H,21,24). The van der Waals surface area contributed by atoms with Crippen LogP contribution in [0.5, 0.6) is 11.5 Å². The number of hydrogen-bond acceptors (Lipinski definition) is 5. The van der Waals surface area contributed by atoms with E-state index >= 15 is 0 Å². The average Bonchev–Trinajstić information content (AvgIpc) is 2.91. The number of rotatable bonds is 3. The maximum absolute atomic E-state index is 12.5. The Labute approximate surface area is 153 Å². The van der Waals surface area contributed by atoms with Gasteiger partial charge in [-0.3, -0.25) is 19.5 Å². The molecule has 0 atom stereocenters. The van der Waals surface area contributed by atoms with Crippen molar-refractivity contribution in [1.29, 1.82) is 0 Å². The third kappa shape index (κ3) is 3.41. The van der Waals surface area contributed by atoms with Crippen LogP contribution in [0.25, 0.3) is 10.8 Å². The molecule has 3 aromatic rings. The highest BCUT2D eigenvalue weighted by molar-refractivity contribution is 5.91. The summed E-state index contributed by atoms with van der Waals surface area (Å²) in [7, 11) is 0. The lowest BCUT2D eigenvalue weighted by molar-refractivity contribution is -0.117. The van der Waals surface area contributed by atoms with Crippen molar-refractivity contribution in [3.63, 3.8) is 0 Å². The van der Waals surface area contributed by atoms with Gasteiger partial charge in [0.1, 0.15) is 6.54 Å². The molecule has 4 rings (SSSR count). The fraction of sp³-hybridized carbons (Fsp3) is 0.211. The molecule has 1 amide bonds. The molecule has 0 fully saturated rings. The van der Waals surface area contributed by atoms with Crippen LogP contribution in [0, 0.1) is 0 Å². The Morgan fingerprint density at radius 2 is 1.78 bits per heavy atom. The monoisotopic (exact) mass is 367 g/mol. The van der Waals surface area contributed by atoms with Crippen LogP contribution >= 0.6 is 0 Å². The Bertz CT molecular complexity index is 1130. The minimum atomic E-state index is -0.447. The molecule has 138 valence electrons. The van der Waals surface area contributed by atoms with Crippen LogP contribution in [-0.2, 0) is 11.3 Å². The van der Waals surface area contributed by atoms with Gasteiger partial charge in [-0.1, -0.05) is 12.1 Å². The molecule has 2 N–H and O–H groups in total. The van der Waals surface area contributed by atoms with Gasteiger partial charge in [-0.05, 0) is 24.3 Å². The number of nitrogens with one attached hydrogen (secondary N) is 2. The molecular weight excluding hydrogens is 350 g/mol. The first-order chi connectivity index (χ1) is 13.1. The number of hydrogen-bond donors (Lipinski definition) is 2. The van der Waals surface area contributed by atoms with E-state index in [1.54, 1.807) is 42.5 Å². The Balaban J connectivity index is 1.56. The summed E-state index contributed by atoms with van der Waals surface area (Å²) in [6.45, 7) is 0.808. The Hall–Kier alpha value is -3.55. The maximum atomic E-state index is 12.5. The quantitative estimate of drug-likeness (QED) is 0.730. The highest BCUT2D eigenvalue weighted by Gasteiger charge is 2.13. The Morgan fingerprint density at radius 1 is 1.04 bits per heavy atom. The second-order valence-corrected chi connectivity index (χ2v) is 6.14. The van der Waals surface area contributed by atoms with Gasteiger partial charge in [0.25, 0.3) is 11.1 Å². The van der Waals surface area contributed by atoms with E-state index in [1.807, 2.05) is 0 Å². The normalized spacial score (nSPS) is 13.2. The number of carbonyl (C=O) groups is 1. The topological polar surface area (TPSA) is 102 Å². The van der Waals surface area contributed by atoms with Crippen molar-refractivity contribution < 1.29 is 14.3 Å². The molecule has 0 saturated carbocycles. The zero-order valence-electron chi connectivity index (χ0n) is 14.4. The minimum absolute atomic E-state index is 0.268. The lowest BCUT2D eigenvalue weighted by Gasteiger charge is -2.11. The average molecular weight is 367 g/mol. The smallest absolute Gasteiger partial charge is 0.273 e. The van der Waals surface area contributed by atoms with E-state index in [9.17, 15) is 14.4 Å². The fourth-order valence-electron chi connectivity index (χ4n) is 2.94. The number of fused-ring (bicyclic) bond motifs is 2. The van der Waals surface area contributed by atoms with Gasteiger partial charge >= 0.3 is 0 Å². The van der Waals surface area contributed by atoms with E-state index in [2.05, 4.69) is 10.4 Å². The van der Waals surface area contributed by atoms with E-state index in [1.165, 1.54) is 0 Å². The Kier molecular flexibility index (Phi) is 4.37.